The van der Waals surface area contributed by atoms with E-state index in [1.54, 1.807) is 0 Å². The van der Waals surface area contributed by atoms with E-state index in [-0.39, 0.29) is 0 Å². The zero-order chi connectivity index (χ0) is 12.6. The zero-order valence-corrected chi connectivity index (χ0v) is 12.8. The molecule has 0 heterocycles. The van der Waals surface area contributed by atoms with E-state index in [1.165, 1.54) is 82.1 Å². The molecule has 0 amide bonds. The first-order valence-corrected chi connectivity index (χ1v) is 8.94. The first-order chi connectivity index (χ1) is 8.41. The largest absolute Gasteiger partial charge is 0.162 e. The quantitative estimate of drug-likeness (QED) is 0.331. The van der Waals surface area contributed by atoms with Gasteiger partial charge in [-0.15, -0.1) is 0 Å². The summed E-state index contributed by atoms with van der Waals surface area (Å²) in [6, 6.07) is 0. The molecule has 1 radical (unpaired) electrons. The molecule has 0 bridgehead atoms. The molecule has 0 spiro atoms. The molecule has 0 N–H and O–H groups in total. The van der Waals surface area contributed by atoms with Crippen molar-refractivity contribution in [3.05, 3.63) is 6.92 Å². The van der Waals surface area contributed by atoms with E-state index in [1.807, 2.05) is 0 Å². The molecular formula is C16H33S. The van der Waals surface area contributed by atoms with Gasteiger partial charge in [-0.05, 0) is 24.3 Å². The molecule has 103 valence electrons. The van der Waals surface area contributed by atoms with Gasteiger partial charge in [-0.1, -0.05) is 78.1 Å². The zero-order valence-electron chi connectivity index (χ0n) is 12.0. The Bertz CT molecular complexity index is 109. The second kappa shape index (κ2) is 16.4. The number of thioether (sulfide) groups is 1. The van der Waals surface area contributed by atoms with Crippen LogP contribution in [0.25, 0.3) is 0 Å². The van der Waals surface area contributed by atoms with Crippen molar-refractivity contribution in [1.29, 1.82) is 0 Å². The first-order valence-electron chi connectivity index (χ1n) is 7.78. The van der Waals surface area contributed by atoms with Crippen LogP contribution >= 0.6 is 11.8 Å². The van der Waals surface area contributed by atoms with Crippen LogP contribution in [0.4, 0.5) is 0 Å². The van der Waals surface area contributed by atoms with Crippen molar-refractivity contribution < 1.29 is 0 Å². The van der Waals surface area contributed by atoms with Crippen molar-refractivity contribution in [2.45, 2.75) is 84.0 Å². The predicted octanol–water partition coefficient (Wildman–Crippen LogP) is 6.25. The summed E-state index contributed by atoms with van der Waals surface area (Å²) >= 11 is 2.12. The summed E-state index contributed by atoms with van der Waals surface area (Å²) in [6.45, 7) is 6.15. The molecule has 1 heteroatoms. The van der Waals surface area contributed by atoms with Gasteiger partial charge in [-0.2, -0.15) is 11.8 Å². The highest BCUT2D eigenvalue weighted by atomic mass is 32.2. The average molecular weight is 258 g/mol. The van der Waals surface area contributed by atoms with E-state index in [4.69, 9.17) is 0 Å². The highest BCUT2D eigenvalue weighted by Gasteiger charge is 1.93. The molecule has 0 nitrogen and oxygen atoms in total. The van der Waals surface area contributed by atoms with Crippen LogP contribution in [0.1, 0.15) is 84.0 Å². The number of hydrogen-bond acceptors (Lipinski definition) is 1. The SMILES string of the molecule is [CH2]CCCSCCCCCCCCCCCC. The molecule has 0 aliphatic carbocycles. The van der Waals surface area contributed by atoms with Crippen LogP contribution in [-0.2, 0) is 0 Å². The van der Waals surface area contributed by atoms with Gasteiger partial charge in [-0.3, -0.25) is 0 Å². The third-order valence-corrected chi connectivity index (χ3v) is 4.34. The lowest BCUT2D eigenvalue weighted by atomic mass is 10.1. The van der Waals surface area contributed by atoms with Crippen molar-refractivity contribution in [2.24, 2.45) is 0 Å². The number of hydrogen-bond donors (Lipinski definition) is 0. The number of unbranched alkanes of at least 4 members (excludes halogenated alkanes) is 10. The Morgan fingerprint density at radius 2 is 1.12 bits per heavy atom. The third-order valence-electron chi connectivity index (χ3n) is 3.18. The smallest absolute Gasteiger partial charge is 0.00675 e. The van der Waals surface area contributed by atoms with Crippen LogP contribution in [-0.4, -0.2) is 11.5 Å². The standard InChI is InChI=1S/C16H33S/c1-3-5-7-8-9-10-11-12-13-14-16-17-15-6-4-2/h2-16H2,1H3. The lowest BCUT2D eigenvalue weighted by Crippen LogP contribution is -1.85. The fraction of sp³-hybridized carbons (Fsp3) is 0.938. The lowest BCUT2D eigenvalue weighted by Gasteiger charge is -2.02. The van der Waals surface area contributed by atoms with Crippen molar-refractivity contribution >= 4 is 11.8 Å². The highest BCUT2D eigenvalue weighted by molar-refractivity contribution is 7.99. The normalized spacial score (nSPS) is 10.9. The van der Waals surface area contributed by atoms with Crippen LogP contribution in [0.3, 0.4) is 0 Å². The van der Waals surface area contributed by atoms with Crippen molar-refractivity contribution in [3.63, 3.8) is 0 Å². The summed E-state index contributed by atoms with van der Waals surface area (Å²) in [4.78, 5) is 0. The van der Waals surface area contributed by atoms with E-state index in [2.05, 4.69) is 25.6 Å². The molecule has 0 rings (SSSR count). The van der Waals surface area contributed by atoms with E-state index in [0.717, 1.165) is 6.42 Å². The molecule has 0 aromatic rings. The maximum atomic E-state index is 3.87. The van der Waals surface area contributed by atoms with Crippen LogP contribution in [0.5, 0.6) is 0 Å². The molecular weight excluding hydrogens is 224 g/mol. The summed E-state index contributed by atoms with van der Waals surface area (Å²) in [5.74, 6) is 2.69. The Morgan fingerprint density at radius 1 is 0.647 bits per heavy atom. The van der Waals surface area contributed by atoms with Crippen molar-refractivity contribution in [3.8, 4) is 0 Å². The molecule has 0 unspecified atom stereocenters. The molecule has 0 aliphatic heterocycles. The minimum absolute atomic E-state index is 1.10. The minimum atomic E-state index is 1.10. The molecule has 0 atom stereocenters. The maximum absolute atomic E-state index is 3.87. The van der Waals surface area contributed by atoms with Crippen molar-refractivity contribution in [1.82, 2.24) is 0 Å². The predicted molar refractivity (Wildman–Crippen MR) is 83.8 cm³/mol. The fourth-order valence-electron chi connectivity index (χ4n) is 2.00. The van der Waals surface area contributed by atoms with Gasteiger partial charge < -0.3 is 0 Å². The Balaban J connectivity index is 2.85. The molecule has 0 saturated carbocycles. The van der Waals surface area contributed by atoms with E-state index < -0.39 is 0 Å². The first kappa shape index (κ1) is 17.4. The van der Waals surface area contributed by atoms with Gasteiger partial charge in [0.2, 0.25) is 0 Å². The molecule has 0 saturated heterocycles. The van der Waals surface area contributed by atoms with Gasteiger partial charge in [0.15, 0.2) is 0 Å². The average Bonchev–Trinajstić information content (AvgIpc) is 2.35. The van der Waals surface area contributed by atoms with E-state index >= 15 is 0 Å². The highest BCUT2D eigenvalue weighted by Crippen LogP contribution is 2.12. The third kappa shape index (κ3) is 16.4. The summed E-state index contributed by atoms with van der Waals surface area (Å²) in [5, 5.41) is 0. The van der Waals surface area contributed by atoms with Crippen LogP contribution in [0, 0.1) is 6.92 Å². The van der Waals surface area contributed by atoms with Gasteiger partial charge in [0.1, 0.15) is 0 Å². The minimum Gasteiger partial charge on any atom is -0.162 e. The molecule has 0 fully saturated rings. The van der Waals surface area contributed by atoms with Crippen LogP contribution in [0.2, 0.25) is 0 Å². The van der Waals surface area contributed by atoms with Gasteiger partial charge in [-0.25, -0.2) is 0 Å². The molecule has 0 aromatic heterocycles. The fourth-order valence-corrected chi connectivity index (χ4v) is 3.02. The second-order valence-electron chi connectivity index (χ2n) is 5.00. The van der Waals surface area contributed by atoms with E-state index in [0.29, 0.717) is 0 Å². The monoisotopic (exact) mass is 257 g/mol. The van der Waals surface area contributed by atoms with Gasteiger partial charge in [0.05, 0.1) is 0 Å². The Kier molecular flexibility index (Phi) is 16.7. The topological polar surface area (TPSA) is 0 Å². The molecule has 0 aromatic carbocycles. The Labute approximate surface area is 114 Å². The molecule has 17 heavy (non-hydrogen) atoms. The van der Waals surface area contributed by atoms with Crippen LogP contribution in [0.15, 0.2) is 0 Å². The lowest BCUT2D eigenvalue weighted by molar-refractivity contribution is 0.563. The number of rotatable bonds is 14. The van der Waals surface area contributed by atoms with E-state index in [9.17, 15) is 0 Å². The Hall–Kier alpha value is 0.350. The second-order valence-corrected chi connectivity index (χ2v) is 6.23. The summed E-state index contributed by atoms with van der Waals surface area (Å²) in [7, 11) is 0. The summed E-state index contributed by atoms with van der Waals surface area (Å²) in [6.07, 6.45) is 16.9. The Morgan fingerprint density at radius 3 is 1.65 bits per heavy atom. The van der Waals surface area contributed by atoms with Gasteiger partial charge >= 0.3 is 0 Å². The van der Waals surface area contributed by atoms with Gasteiger partial charge in [0.25, 0.3) is 0 Å². The summed E-state index contributed by atoms with van der Waals surface area (Å²) < 4.78 is 0. The molecule has 0 aliphatic rings. The summed E-state index contributed by atoms with van der Waals surface area (Å²) in [5.41, 5.74) is 0. The van der Waals surface area contributed by atoms with Crippen LogP contribution < -0.4 is 0 Å². The maximum Gasteiger partial charge on any atom is -0.00675 e. The van der Waals surface area contributed by atoms with Crippen molar-refractivity contribution in [2.75, 3.05) is 11.5 Å². The van der Waals surface area contributed by atoms with Gasteiger partial charge in [0, 0.05) is 0 Å².